The third kappa shape index (κ3) is 5.35. The van der Waals surface area contributed by atoms with Crippen molar-refractivity contribution in [1.82, 2.24) is 14.9 Å². The number of amides is 1. The number of pyridine rings is 2. The van der Waals surface area contributed by atoms with E-state index in [0.29, 0.717) is 45.5 Å². The molecule has 172 valence electrons. The van der Waals surface area contributed by atoms with Gasteiger partial charge in [0, 0.05) is 49.5 Å². The zero-order chi connectivity index (χ0) is 23.5. The monoisotopic (exact) mass is 505 g/mol. The molecule has 2 aromatic heterocycles. The second kappa shape index (κ2) is 10.2. The first-order chi connectivity index (χ1) is 15.9. The number of likely N-dealkylation sites (tertiary alicyclic amines) is 1. The van der Waals surface area contributed by atoms with Crippen LogP contribution < -0.4 is 9.47 Å². The minimum absolute atomic E-state index is 0.00257. The maximum Gasteiger partial charge on any atom is 0.255 e. The molecule has 1 aliphatic rings. The van der Waals surface area contributed by atoms with Gasteiger partial charge in [-0.3, -0.25) is 4.79 Å². The van der Waals surface area contributed by atoms with Crippen LogP contribution in [0.1, 0.15) is 28.8 Å². The van der Waals surface area contributed by atoms with Gasteiger partial charge in [-0.2, -0.15) is 0 Å². The van der Waals surface area contributed by atoms with Gasteiger partial charge in [-0.1, -0.05) is 40.9 Å². The van der Waals surface area contributed by atoms with Crippen LogP contribution in [0.25, 0.3) is 0 Å². The van der Waals surface area contributed by atoms with Gasteiger partial charge in [0.25, 0.3) is 5.91 Å². The number of carbonyl (C=O) groups excluding carboxylic acids is 1. The number of benzene rings is 1. The Bertz CT molecular complexity index is 1130. The second-order valence-corrected chi connectivity index (χ2v) is 9.13. The Labute approximate surface area is 207 Å². The van der Waals surface area contributed by atoms with Crippen LogP contribution in [0.3, 0.4) is 0 Å². The van der Waals surface area contributed by atoms with E-state index in [2.05, 4.69) is 9.97 Å². The Hall–Kier alpha value is -2.54. The van der Waals surface area contributed by atoms with Crippen molar-refractivity contribution in [3.8, 4) is 11.8 Å². The summed E-state index contributed by atoms with van der Waals surface area (Å²) in [5.74, 6) is 0.822. The van der Waals surface area contributed by atoms with E-state index in [-0.39, 0.29) is 23.8 Å². The normalized spacial score (nSPS) is 18.8. The topological polar surface area (TPSA) is 64.5 Å². The summed E-state index contributed by atoms with van der Waals surface area (Å²) >= 11 is 18.4. The van der Waals surface area contributed by atoms with Crippen LogP contribution in [-0.2, 0) is 0 Å². The summed E-state index contributed by atoms with van der Waals surface area (Å²) in [4.78, 5) is 23.5. The Morgan fingerprint density at radius 2 is 1.76 bits per heavy atom. The van der Waals surface area contributed by atoms with Crippen LogP contribution in [0.5, 0.6) is 11.8 Å². The first-order valence-electron chi connectivity index (χ1n) is 10.4. The first-order valence-corrected chi connectivity index (χ1v) is 11.5. The highest BCUT2D eigenvalue weighted by atomic mass is 35.5. The van der Waals surface area contributed by atoms with Crippen molar-refractivity contribution in [3.63, 3.8) is 0 Å². The maximum absolute atomic E-state index is 13.2. The van der Waals surface area contributed by atoms with Crippen molar-refractivity contribution in [2.24, 2.45) is 5.92 Å². The van der Waals surface area contributed by atoms with Gasteiger partial charge in [-0.25, -0.2) is 9.97 Å². The molecule has 0 unspecified atom stereocenters. The van der Waals surface area contributed by atoms with Crippen LogP contribution in [0.15, 0.2) is 54.9 Å². The van der Waals surface area contributed by atoms with Crippen LogP contribution in [0.2, 0.25) is 15.1 Å². The number of nitrogens with zero attached hydrogens (tertiary/aromatic N) is 3. The molecule has 1 aliphatic heterocycles. The Morgan fingerprint density at radius 1 is 1.00 bits per heavy atom. The van der Waals surface area contributed by atoms with Gasteiger partial charge < -0.3 is 14.4 Å². The van der Waals surface area contributed by atoms with E-state index in [9.17, 15) is 4.79 Å². The molecule has 0 saturated carbocycles. The highest BCUT2D eigenvalue weighted by Gasteiger charge is 2.40. The molecule has 33 heavy (non-hydrogen) atoms. The largest absolute Gasteiger partial charge is 0.481 e. The minimum Gasteiger partial charge on any atom is -0.481 e. The summed E-state index contributed by atoms with van der Waals surface area (Å²) in [6.45, 7) is 2.99. The molecule has 3 aromatic rings. The van der Waals surface area contributed by atoms with Crippen LogP contribution in [0, 0.1) is 5.92 Å². The summed E-state index contributed by atoms with van der Waals surface area (Å²) in [5, 5.41) is 1.50. The number of carbonyl (C=O) groups is 1. The quantitative estimate of drug-likeness (QED) is 0.425. The minimum atomic E-state index is -0.232. The number of hydrogen-bond donors (Lipinski definition) is 0. The van der Waals surface area contributed by atoms with Crippen molar-refractivity contribution in [2.75, 3.05) is 20.2 Å². The fourth-order valence-corrected chi connectivity index (χ4v) is 4.50. The smallest absolute Gasteiger partial charge is 0.255 e. The van der Waals surface area contributed by atoms with Crippen LogP contribution in [0.4, 0.5) is 0 Å². The van der Waals surface area contributed by atoms with Crippen molar-refractivity contribution in [3.05, 3.63) is 81.1 Å². The molecule has 3 atom stereocenters. The van der Waals surface area contributed by atoms with E-state index >= 15 is 0 Å². The SMILES string of the molecule is COc1ccc(C(=O)N2C[C@@H]([C@H](C)Oc3ccc(Cl)cn3)[C@@H](c3ccc(Cl)c(Cl)c3)C2)cn1. The molecule has 3 heterocycles. The van der Waals surface area contributed by atoms with E-state index in [4.69, 9.17) is 44.3 Å². The second-order valence-electron chi connectivity index (χ2n) is 7.88. The predicted octanol–water partition coefficient (Wildman–Crippen LogP) is 5.77. The van der Waals surface area contributed by atoms with Gasteiger partial charge in [0.2, 0.25) is 11.8 Å². The highest BCUT2D eigenvalue weighted by Crippen LogP contribution is 2.38. The fraction of sp³-hybridized carbons (Fsp3) is 0.292. The molecule has 1 aromatic carbocycles. The van der Waals surface area contributed by atoms with Crippen molar-refractivity contribution >= 4 is 40.7 Å². The Balaban J connectivity index is 1.60. The lowest BCUT2D eigenvalue weighted by atomic mass is 9.86. The van der Waals surface area contributed by atoms with Gasteiger partial charge in [0.1, 0.15) is 6.10 Å². The van der Waals surface area contributed by atoms with Crippen molar-refractivity contribution in [1.29, 1.82) is 0 Å². The van der Waals surface area contributed by atoms with E-state index in [0.717, 1.165) is 5.56 Å². The number of aromatic nitrogens is 2. The lowest BCUT2D eigenvalue weighted by Gasteiger charge is -2.25. The third-order valence-corrected chi connectivity index (χ3v) is 6.79. The highest BCUT2D eigenvalue weighted by molar-refractivity contribution is 6.42. The average molecular weight is 507 g/mol. The van der Waals surface area contributed by atoms with E-state index in [1.54, 1.807) is 36.5 Å². The number of methoxy groups -OCH3 is 1. The van der Waals surface area contributed by atoms with E-state index in [1.165, 1.54) is 13.3 Å². The molecule has 1 amide bonds. The summed E-state index contributed by atoms with van der Waals surface area (Å²) in [7, 11) is 1.54. The lowest BCUT2D eigenvalue weighted by Crippen LogP contribution is -2.32. The molecule has 1 fully saturated rings. The molecule has 1 saturated heterocycles. The zero-order valence-electron chi connectivity index (χ0n) is 18.0. The van der Waals surface area contributed by atoms with Gasteiger partial charge >= 0.3 is 0 Å². The van der Waals surface area contributed by atoms with Gasteiger partial charge in [0.05, 0.1) is 27.7 Å². The molecule has 6 nitrogen and oxygen atoms in total. The Morgan fingerprint density at radius 3 is 2.39 bits per heavy atom. The van der Waals surface area contributed by atoms with Gasteiger partial charge in [0.15, 0.2) is 0 Å². The first kappa shape index (κ1) is 23.6. The zero-order valence-corrected chi connectivity index (χ0v) is 20.3. The molecule has 0 bridgehead atoms. The molecule has 0 aliphatic carbocycles. The summed E-state index contributed by atoms with van der Waals surface area (Å²) in [6, 6.07) is 12.4. The average Bonchev–Trinajstić information content (AvgIpc) is 3.27. The van der Waals surface area contributed by atoms with Crippen molar-refractivity contribution < 1.29 is 14.3 Å². The molecule has 0 radical (unpaired) electrons. The molecule has 0 N–H and O–H groups in total. The predicted molar refractivity (Wildman–Crippen MR) is 129 cm³/mol. The maximum atomic E-state index is 13.2. The number of ether oxygens (including phenoxy) is 2. The molecular weight excluding hydrogens is 485 g/mol. The molecular formula is C24H22Cl3N3O3. The van der Waals surface area contributed by atoms with Crippen molar-refractivity contribution in [2.45, 2.75) is 18.9 Å². The van der Waals surface area contributed by atoms with Crippen LogP contribution >= 0.6 is 34.8 Å². The van der Waals surface area contributed by atoms with Crippen LogP contribution in [-0.4, -0.2) is 47.1 Å². The summed E-state index contributed by atoms with van der Waals surface area (Å²) in [6.07, 6.45) is 2.84. The van der Waals surface area contributed by atoms with Gasteiger partial charge in [-0.05, 0) is 36.8 Å². The molecule has 9 heteroatoms. The third-order valence-electron chi connectivity index (χ3n) is 5.83. The van der Waals surface area contributed by atoms with E-state index < -0.39 is 0 Å². The van der Waals surface area contributed by atoms with E-state index in [1.807, 2.05) is 24.0 Å². The summed E-state index contributed by atoms with van der Waals surface area (Å²) in [5.41, 5.74) is 1.49. The standard InChI is InChI=1S/C24H22Cl3N3O3/c1-14(33-23-8-5-17(25)11-29-23)18-12-30(24(31)16-4-7-22(32-2)28-10-16)13-19(18)15-3-6-20(26)21(27)9-15/h3-11,14,18-19H,12-13H2,1-2H3/t14-,18-,19+/m0/s1. The number of halogens is 3. The van der Waals surface area contributed by atoms with Gasteiger partial charge in [-0.15, -0.1) is 0 Å². The fourth-order valence-electron chi connectivity index (χ4n) is 4.09. The number of rotatable bonds is 6. The molecule has 4 rings (SSSR count). The molecule has 0 spiro atoms. The summed E-state index contributed by atoms with van der Waals surface area (Å²) < 4.78 is 11.2. The Kier molecular flexibility index (Phi) is 7.27. The number of hydrogen-bond acceptors (Lipinski definition) is 5. The lowest BCUT2D eigenvalue weighted by molar-refractivity contribution is 0.0769.